The molecular formula is C54H47N13O3. The van der Waals surface area contributed by atoms with E-state index < -0.39 is 5.41 Å². The number of allylic oxidation sites excluding steroid dienone is 3. The normalized spacial score (nSPS) is 13.4. The van der Waals surface area contributed by atoms with E-state index in [0.717, 1.165) is 44.4 Å². The Morgan fingerprint density at radius 2 is 1.07 bits per heavy atom. The standard InChI is InChI=1S/C54H47N13O3/c1-30-13-6-8-20-39(30)66-37(23-34-17-10-15-32(3)41(34)52(66)69)26-64-49-43(47(55)58-28-60-49)45(62-64)54(22-12-19-36(25-54)51(68)57-5)46-44-48(56)59-29-61-50(44)65(63-46)27-38-24-35-18-11-16-33(4)42(35)53(70)67(38)40-21-9-7-14-31(40)2/h6-24,28-29H,25-27H2,1-5H3,(H,57,68)(H2,55,58,60)(H2,56,59,61). The fourth-order valence-corrected chi connectivity index (χ4v) is 10.3. The Balaban J connectivity index is 1.17. The van der Waals surface area contributed by atoms with Gasteiger partial charge in [-0.25, -0.2) is 29.3 Å². The molecule has 0 unspecified atom stereocenters. The van der Waals surface area contributed by atoms with Crippen molar-refractivity contribution in [3.05, 3.63) is 199 Å². The number of hydrogen-bond acceptors (Lipinski definition) is 11. The molecule has 6 aromatic heterocycles. The van der Waals surface area contributed by atoms with Gasteiger partial charge in [-0.05, 0) is 91.4 Å². The van der Waals surface area contributed by atoms with Gasteiger partial charge in [-0.3, -0.25) is 23.5 Å². The van der Waals surface area contributed by atoms with E-state index in [9.17, 15) is 14.4 Å². The second-order valence-corrected chi connectivity index (χ2v) is 17.9. The van der Waals surface area contributed by atoms with Crippen molar-refractivity contribution in [2.45, 2.75) is 52.6 Å². The lowest BCUT2D eigenvalue weighted by molar-refractivity contribution is -0.117. The van der Waals surface area contributed by atoms with E-state index in [1.54, 1.807) is 37.7 Å². The van der Waals surface area contributed by atoms with Gasteiger partial charge in [0.25, 0.3) is 11.1 Å². The Bertz CT molecular complexity index is 3790. The number of aryl methyl sites for hydroxylation is 4. The molecule has 0 radical (unpaired) electrons. The van der Waals surface area contributed by atoms with Crippen LogP contribution in [0.5, 0.6) is 0 Å². The number of carbonyl (C=O) groups is 1. The summed E-state index contributed by atoms with van der Waals surface area (Å²) in [7, 11) is 1.58. The van der Waals surface area contributed by atoms with E-state index in [4.69, 9.17) is 31.6 Å². The summed E-state index contributed by atoms with van der Waals surface area (Å²) in [5.74, 6) is -0.0265. The van der Waals surface area contributed by atoms with Gasteiger partial charge in [0.1, 0.15) is 24.3 Å². The lowest BCUT2D eigenvalue weighted by Gasteiger charge is -2.31. The van der Waals surface area contributed by atoms with Crippen molar-refractivity contribution < 1.29 is 4.79 Å². The molecule has 0 saturated heterocycles. The van der Waals surface area contributed by atoms with E-state index >= 15 is 0 Å². The van der Waals surface area contributed by atoms with Crippen LogP contribution in [0.1, 0.15) is 51.5 Å². The number of para-hydroxylation sites is 2. The molecule has 0 spiro atoms. The molecule has 5 N–H and O–H groups in total. The molecule has 16 heteroatoms. The molecular weight excluding hydrogens is 879 g/mol. The predicted octanol–water partition coefficient (Wildman–Crippen LogP) is 6.99. The molecule has 0 saturated carbocycles. The number of nitrogens with two attached hydrogens (primary N) is 2. The summed E-state index contributed by atoms with van der Waals surface area (Å²) in [4.78, 5) is 61.8. The number of nitrogens with zero attached hydrogens (tertiary/aromatic N) is 10. The number of nitrogen functional groups attached to an aromatic ring is 2. The number of aromatic nitrogens is 10. The quantitative estimate of drug-likeness (QED) is 0.134. The number of carbonyl (C=O) groups excluding carboxylic acids is 1. The zero-order chi connectivity index (χ0) is 48.6. The highest BCUT2D eigenvalue weighted by atomic mass is 16.2. The maximum absolute atomic E-state index is 14.7. The van der Waals surface area contributed by atoms with Crippen molar-refractivity contribution in [3.8, 4) is 11.4 Å². The van der Waals surface area contributed by atoms with E-state index in [1.165, 1.54) is 12.7 Å². The Labute approximate surface area is 400 Å². The topological polar surface area (TPSA) is 212 Å². The predicted molar refractivity (Wildman–Crippen MR) is 272 cm³/mol. The van der Waals surface area contributed by atoms with Crippen LogP contribution in [0, 0.1) is 27.7 Å². The molecule has 11 rings (SSSR count). The summed E-state index contributed by atoms with van der Waals surface area (Å²) in [5, 5.41) is 17.2. The number of benzene rings is 4. The van der Waals surface area contributed by atoms with Gasteiger partial charge in [0.15, 0.2) is 11.3 Å². The lowest BCUT2D eigenvalue weighted by Crippen LogP contribution is -2.34. The summed E-state index contributed by atoms with van der Waals surface area (Å²) in [5.41, 5.74) is 20.4. The molecule has 1 amide bonds. The summed E-state index contributed by atoms with van der Waals surface area (Å²) < 4.78 is 6.92. The molecule has 10 aromatic rings. The van der Waals surface area contributed by atoms with Gasteiger partial charge in [-0.15, -0.1) is 0 Å². The summed E-state index contributed by atoms with van der Waals surface area (Å²) >= 11 is 0. The van der Waals surface area contributed by atoms with Gasteiger partial charge in [-0.1, -0.05) is 91.0 Å². The number of anilines is 2. The molecule has 0 atom stereocenters. The fraction of sp³-hybridized carbons (Fsp3) is 0.167. The van der Waals surface area contributed by atoms with Crippen molar-refractivity contribution in [2.75, 3.05) is 18.5 Å². The first-order valence-electron chi connectivity index (χ1n) is 22.8. The molecule has 1 aliphatic rings. The van der Waals surface area contributed by atoms with E-state index in [1.807, 2.05) is 131 Å². The zero-order valence-corrected chi connectivity index (χ0v) is 39.1. The van der Waals surface area contributed by atoms with E-state index in [-0.39, 0.29) is 48.2 Å². The van der Waals surface area contributed by atoms with E-state index in [0.29, 0.717) is 61.2 Å². The number of rotatable bonds is 9. The van der Waals surface area contributed by atoms with Gasteiger partial charge in [0, 0.05) is 24.0 Å². The van der Waals surface area contributed by atoms with Crippen LogP contribution >= 0.6 is 0 Å². The fourth-order valence-electron chi connectivity index (χ4n) is 10.3. The lowest BCUT2D eigenvalue weighted by atomic mass is 9.71. The van der Waals surface area contributed by atoms with Crippen LogP contribution in [0.2, 0.25) is 0 Å². The van der Waals surface area contributed by atoms with Crippen molar-refractivity contribution in [2.24, 2.45) is 0 Å². The van der Waals surface area contributed by atoms with Gasteiger partial charge < -0.3 is 16.8 Å². The maximum Gasteiger partial charge on any atom is 0.263 e. The largest absolute Gasteiger partial charge is 0.383 e. The van der Waals surface area contributed by atoms with Crippen LogP contribution < -0.4 is 27.9 Å². The smallest absolute Gasteiger partial charge is 0.263 e. The van der Waals surface area contributed by atoms with Gasteiger partial charge in [-0.2, -0.15) is 10.2 Å². The van der Waals surface area contributed by atoms with Crippen molar-refractivity contribution in [3.63, 3.8) is 0 Å². The third kappa shape index (κ3) is 6.77. The minimum Gasteiger partial charge on any atom is -0.383 e. The number of hydrogen-bond donors (Lipinski definition) is 3. The number of likely N-dealkylation sites (N-methyl/N-ethyl adjacent to an activating group) is 1. The summed E-state index contributed by atoms with van der Waals surface area (Å²) in [6.45, 7) is 7.98. The second kappa shape index (κ2) is 16.6. The van der Waals surface area contributed by atoms with Crippen molar-refractivity contribution in [1.82, 2.24) is 53.9 Å². The van der Waals surface area contributed by atoms with Crippen LogP contribution in [0.3, 0.4) is 0 Å². The third-order valence-corrected chi connectivity index (χ3v) is 13.6. The van der Waals surface area contributed by atoms with E-state index in [2.05, 4.69) is 15.3 Å². The zero-order valence-electron chi connectivity index (χ0n) is 39.1. The second-order valence-electron chi connectivity index (χ2n) is 17.9. The highest BCUT2D eigenvalue weighted by Crippen LogP contribution is 2.47. The summed E-state index contributed by atoms with van der Waals surface area (Å²) in [6, 6.07) is 31.1. The molecule has 70 heavy (non-hydrogen) atoms. The number of nitrogens with one attached hydrogen (secondary N) is 1. The average molecular weight is 926 g/mol. The van der Waals surface area contributed by atoms with Crippen LogP contribution in [-0.2, 0) is 23.3 Å². The molecule has 4 aromatic carbocycles. The third-order valence-electron chi connectivity index (χ3n) is 13.6. The highest BCUT2D eigenvalue weighted by molar-refractivity contribution is 5.98. The molecule has 0 bridgehead atoms. The molecule has 6 heterocycles. The van der Waals surface area contributed by atoms with Gasteiger partial charge >= 0.3 is 0 Å². The SMILES string of the molecule is CNC(=O)C1=CC=CC(c2nn(Cc3cc4cccc(C)c4c(=O)n3-c3ccccc3C)c3ncnc(N)c23)(c2nn(Cc3cc4cccc(C)c4c(=O)n3-c3ccccc3C)c3ncnc(N)c23)C1. The molecule has 16 nitrogen and oxygen atoms in total. The van der Waals surface area contributed by atoms with Crippen LogP contribution in [0.25, 0.3) is 55.0 Å². The van der Waals surface area contributed by atoms with Crippen LogP contribution in [0.15, 0.2) is 143 Å². The van der Waals surface area contributed by atoms with Crippen LogP contribution in [-0.4, -0.2) is 61.6 Å². The monoisotopic (exact) mass is 925 g/mol. The molecule has 0 fully saturated rings. The first kappa shape index (κ1) is 43.5. The van der Waals surface area contributed by atoms with Gasteiger partial charge in [0.05, 0.1) is 62.8 Å². The Morgan fingerprint density at radius 1 is 0.614 bits per heavy atom. The Morgan fingerprint density at radius 3 is 1.53 bits per heavy atom. The van der Waals surface area contributed by atoms with Crippen molar-refractivity contribution in [1.29, 1.82) is 0 Å². The Kier molecular flexibility index (Phi) is 10.3. The molecule has 0 aliphatic heterocycles. The summed E-state index contributed by atoms with van der Waals surface area (Å²) in [6.07, 6.45) is 8.30. The minimum atomic E-state index is -1.38. The highest BCUT2D eigenvalue weighted by Gasteiger charge is 2.45. The molecule has 1 aliphatic carbocycles. The number of fused-ring (bicyclic) bond motifs is 4. The number of pyridine rings is 2. The number of amides is 1. The average Bonchev–Trinajstić information content (AvgIpc) is 3.92. The van der Waals surface area contributed by atoms with Crippen LogP contribution in [0.4, 0.5) is 11.6 Å². The first-order valence-corrected chi connectivity index (χ1v) is 22.8. The molecule has 346 valence electrons. The Hall–Kier alpha value is -9.05. The first-order chi connectivity index (χ1) is 33.9. The van der Waals surface area contributed by atoms with Gasteiger partial charge in [0.2, 0.25) is 5.91 Å². The minimum absolute atomic E-state index is 0.0520. The van der Waals surface area contributed by atoms with Crippen molar-refractivity contribution >= 4 is 61.2 Å². The maximum atomic E-state index is 14.7.